The molecule has 2 rings (SSSR count). The van der Waals surface area contributed by atoms with Gasteiger partial charge < -0.3 is 9.88 Å². The summed E-state index contributed by atoms with van der Waals surface area (Å²) in [5.41, 5.74) is 0.220. The number of aryl methyl sites for hydroxylation is 1. The lowest BCUT2D eigenvalue weighted by Gasteiger charge is -2.05. The van der Waals surface area contributed by atoms with Crippen LogP contribution in [0.1, 0.15) is 16.8 Å². The number of thioether (sulfide) groups is 1. The monoisotopic (exact) mass is 309 g/mol. The summed E-state index contributed by atoms with van der Waals surface area (Å²) in [5, 5.41) is 4.75. The summed E-state index contributed by atoms with van der Waals surface area (Å²) in [6.45, 7) is 0.590. The van der Waals surface area contributed by atoms with Crippen molar-refractivity contribution in [3.63, 3.8) is 0 Å². The first-order chi connectivity index (χ1) is 9.66. The molecule has 2 aromatic heterocycles. The Morgan fingerprint density at radius 1 is 1.55 bits per heavy atom. The molecule has 106 valence electrons. The molecular weight excluding hydrogens is 294 g/mol. The number of nitrogens with zero attached hydrogens (tertiary/aromatic N) is 2. The largest absolute Gasteiger partial charge is 0.352 e. The Kier molecular flexibility index (Phi) is 5.37. The molecular formula is C13H15N3O2S2. The van der Waals surface area contributed by atoms with Gasteiger partial charge in [0.1, 0.15) is 4.34 Å². The van der Waals surface area contributed by atoms with Crippen LogP contribution in [0.5, 0.6) is 0 Å². The summed E-state index contributed by atoms with van der Waals surface area (Å²) in [7, 11) is 1.65. The first kappa shape index (κ1) is 14.8. The van der Waals surface area contributed by atoms with Gasteiger partial charge in [-0.15, -0.1) is 11.3 Å². The highest BCUT2D eigenvalue weighted by molar-refractivity contribution is 8.00. The van der Waals surface area contributed by atoms with Crippen molar-refractivity contribution in [2.24, 2.45) is 7.05 Å². The van der Waals surface area contributed by atoms with E-state index in [2.05, 4.69) is 10.3 Å². The quantitative estimate of drug-likeness (QED) is 0.652. The molecule has 0 radical (unpaired) electrons. The van der Waals surface area contributed by atoms with Crippen LogP contribution in [0.3, 0.4) is 0 Å². The lowest BCUT2D eigenvalue weighted by atomic mass is 10.2. The average molecular weight is 309 g/mol. The third-order valence-electron chi connectivity index (χ3n) is 2.61. The van der Waals surface area contributed by atoms with E-state index in [1.54, 1.807) is 48.6 Å². The topological polar surface area (TPSA) is 64.0 Å². The van der Waals surface area contributed by atoms with Gasteiger partial charge in [0, 0.05) is 48.7 Å². The molecule has 0 fully saturated rings. The summed E-state index contributed by atoms with van der Waals surface area (Å²) >= 11 is 3.30. The summed E-state index contributed by atoms with van der Waals surface area (Å²) in [6, 6.07) is 2.99. The number of carbonyl (C=O) groups excluding carboxylic acids is 1. The van der Waals surface area contributed by atoms with Crippen molar-refractivity contribution in [3.05, 3.63) is 45.8 Å². The smallest absolute Gasteiger partial charge is 0.251 e. The number of pyridine rings is 1. The molecule has 0 aliphatic heterocycles. The Morgan fingerprint density at radius 2 is 2.40 bits per heavy atom. The second kappa shape index (κ2) is 7.25. The van der Waals surface area contributed by atoms with E-state index in [1.165, 1.54) is 10.6 Å². The number of amides is 1. The van der Waals surface area contributed by atoms with Crippen LogP contribution in [0.25, 0.3) is 0 Å². The molecule has 20 heavy (non-hydrogen) atoms. The molecule has 5 nitrogen and oxygen atoms in total. The normalized spacial score (nSPS) is 10.4. The molecule has 1 amide bonds. The maximum Gasteiger partial charge on any atom is 0.251 e. The van der Waals surface area contributed by atoms with Crippen LogP contribution in [0.4, 0.5) is 0 Å². The van der Waals surface area contributed by atoms with Gasteiger partial charge in [-0.05, 0) is 12.5 Å². The minimum absolute atomic E-state index is 0.183. The van der Waals surface area contributed by atoms with Crippen LogP contribution >= 0.6 is 23.1 Å². The molecule has 0 spiro atoms. The van der Waals surface area contributed by atoms with Crippen molar-refractivity contribution >= 4 is 29.0 Å². The molecule has 1 N–H and O–H groups in total. The first-order valence-corrected chi connectivity index (χ1v) is 8.00. The Bertz CT molecular complexity index is 623. The highest BCUT2D eigenvalue weighted by atomic mass is 32.2. The van der Waals surface area contributed by atoms with Crippen molar-refractivity contribution in [2.45, 2.75) is 10.8 Å². The minimum Gasteiger partial charge on any atom is -0.352 e. The molecule has 0 aliphatic carbocycles. The number of thiazole rings is 1. The van der Waals surface area contributed by atoms with Crippen molar-refractivity contribution in [1.29, 1.82) is 0 Å². The third-order valence-corrected chi connectivity index (χ3v) is 4.66. The zero-order valence-electron chi connectivity index (χ0n) is 11.0. The van der Waals surface area contributed by atoms with Gasteiger partial charge in [0.2, 0.25) is 0 Å². The van der Waals surface area contributed by atoms with E-state index in [1.807, 2.05) is 5.38 Å². The van der Waals surface area contributed by atoms with E-state index in [0.29, 0.717) is 12.1 Å². The molecule has 0 unspecified atom stereocenters. The van der Waals surface area contributed by atoms with Gasteiger partial charge in [-0.3, -0.25) is 9.59 Å². The van der Waals surface area contributed by atoms with Gasteiger partial charge >= 0.3 is 0 Å². The molecule has 0 saturated carbocycles. The predicted molar refractivity (Wildman–Crippen MR) is 81.5 cm³/mol. The van der Waals surface area contributed by atoms with E-state index in [4.69, 9.17) is 0 Å². The summed E-state index contributed by atoms with van der Waals surface area (Å²) in [4.78, 5) is 27.4. The van der Waals surface area contributed by atoms with E-state index in [-0.39, 0.29) is 11.5 Å². The lowest BCUT2D eigenvalue weighted by molar-refractivity contribution is 0.0953. The van der Waals surface area contributed by atoms with E-state index < -0.39 is 0 Å². The molecule has 0 aliphatic rings. The summed E-state index contributed by atoms with van der Waals surface area (Å²) < 4.78 is 2.48. The van der Waals surface area contributed by atoms with Crippen LogP contribution in [-0.2, 0) is 7.05 Å². The van der Waals surface area contributed by atoms with Crippen molar-refractivity contribution in [2.75, 3.05) is 12.3 Å². The molecule has 2 aromatic rings. The molecule has 0 atom stereocenters. The van der Waals surface area contributed by atoms with Gasteiger partial charge in [0.15, 0.2) is 0 Å². The standard InChI is InChI=1S/C13H15N3O2S2/c1-16-6-3-10(9-11(16)17)12(18)14-4-2-7-19-13-15-5-8-20-13/h3,5-6,8-9H,2,4,7H2,1H3,(H,14,18). The SMILES string of the molecule is Cn1ccc(C(=O)NCCCSc2nccs2)cc1=O. The number of nitrogens with one attached hydrogen (secondary N) is 1. The van der Waals surface area contributed by atoms with E-state index in [0.717, 1.165) is 16.5 Å². The molecule has 0 bridgehead atoms. The van der Waals surface area contributed by atoms with Crippen LogP contribution < -0.4 is 10.9 Å². The lowest BCUT2D eigenvalue weighted by Crippen LogP contribution is -2.27. The van der Waals surface area contributed by atoms with Gasteiger partial charge in [0.25, 0.3) is 11.5 Å². The van der Waals surface area contributed by atoms with Crippen molar-refractivity contribution in [3.8, 4) is 0 Å². The number of rotatable bonds is 6. The number of aromatic nitrogens is 2. The Labute approximate surface area is 125 Å². The van der Waals surface area contributed by atoms with Crippen LogP contribution in [0, 0.1) is 0 Å². The summed E-state index contributed by atoms with van der Waals surface area (Å²) in [5.74, 6) is 0.701. The predicted octanol–water partition coefficient (Wildman–Crippen LogP) is 1.75. The number of hydrogen-bond donors (Lipinski definition) is 1. The third kappa shape index (κ3) is 4.21. The maximum absolute atomic E-state index is 11.8. The molecule has 0 aromatic carbocycles. The fourth-order valence-corrected chi connectivity index (χ4v) is 3.15. The van der Waals surface area contributed by atoms with Gasteiger partial charge in [0.05, 0.1) is 0 Å². The molecule has 0 saturated heterocycles. The maximum atomic E-state index is 11.8. The van der Waals surface area contributed by atoms with Gasteiger partial charge in [-0.1, -0.05) is 11.8 Å². The van der Waals surface area contributed by atoms with Crippen LogP contribution in [0.15, 0.2) is 39.0 Å². The summed E-state index contributed by atoms with van der Waals surface area (Å²) in [6.07, 6.45) is 4.24. The molecule has 7 heteroatoms. The average Bonchev–Trinajstić information content (AvgIpc) is 2.94. The minimum atomic E-state index is -0.207. The molecule has 2 heterocycles. The second-order valence-electron chi connectivity index (χ2n) is 4.12. The number of carbonyl (C=O) groups is 1. The van der Waals surface area contributed by atoms with E-state index >= 15 is 0 Å². The Hall–Kier alpha value is -1.60. The fraction of sp³-hybridized carbons (Fsp3) is 0.308. The van der Waals surface area contributed by atoms with Crippen molar-refractivity contribution in [1.82, 2.24) is 14.9 Å². The van der Waals surface area contributed by atoms with Gasteiger partial charge in [-0.2, -0.15) is 0 Å². The first-order valence-electron chi connectivity index (χ1n) is 6.14. The van der Waals surface area contributed by atoms with E-state index in [9.17, 15) is 9.59 Å². The highest BCUT2D eigenvalue weighted by Gasteiger charge is 2.06. The zero-order valence-corrected chi connectivity index (χ0v) is 12.7. The van der Waals surface area contributed by atoms with Crippen LogP contribution in [-0.4, -0.2) is 27.8 Å². The second-order valence-corrected chi connectivity index (χ2v) is 6.36. The zero-order chi connectivity index (χ0) is 14.4. The van der Waals surface area contributed by atoms with Gasteiger partial charge in [-0.25, -0.2) is 4.98 Å². The highest BCUT2D eigenvalue weighted by Crippen LogP contribution is 2.20. The Morgan fingerprint density at radius 3 is 3.10 bits per heavy atom. The Balaban J connectivity index is 1.72. The van der Waals surface area contributed by atoms with Crippen LogP contribution in [0.2, 0.25) is 0 Å². The van der Waals surface area contributed by atoms with Crippen molar-refractivity contribution < 1.29 is 4.79 Å². The fourth-order valence-electron chi connectivity index (χ4n) is 1.51. The number of hydrogen-bond acceptors (Lipinski definition) is 5.